The summed E-state index contributed by atoms with van der Waals surface area (Å²) in [5.41, 5.74) is 0.592. The van der Waals surface area contributed by atoms with Gasteiger partial charge in [0.15, 0.2) is 0 Å². The highest BCUT2D eigenvalue weighted by Crippen LogP contribution is 2.28. The molecule has 2 N–H and O–H groups in total. The highest BCUT2D eigenvalue weighted by Gasteiger charge is 2.29. The lowest BCUT2D eigenvalue weighted by atomic mass is 9.98. The van der Waals surface area contributed by atoms with Gasteiger partial charge in [0, 0.05) is 6.07 Å². The number of amides is 1. The number of hydrogen-bond acceptors (Lipinski definition) is 5. The van der Waals surface area contributed by atoms with Gasteiger partial charge in [-0.1, -0.05) is 0 Å². The van der Waals surface area contributed by atoms with E-state index >= 15 is 0 Å². The monoisotopic (exact) mass is 365 g/mol. The molecule has 7 heteroatoms. The molecule has 1 aliphatic heterocycles. The fourth-order valence-corrected chi connectivity index (χ4v) is 3.25. The van der Waals surface area contributed by atoms with Crippen LogP contribution < -0.4 is 19.7 Å². The van der Waals surface area contributed by atoms with Crippen molar-refractivity contribution in [1.29, 1.82) is 0 Å². The third-order valence-electron chi connectivity index (χ3n) is 4.62. The Morgan fingerprint density at radius 2 is 2.08 bits per heavy atom. The first-order chi connectivity index (χ1) is 12.6. The van der Waals surface area contributed by atoms with Gasteiger partial charge in [-0.2, -0.15) is 0 Å². The largest absolute Gasteiger partial charge is 0.497 e. The summed E-state index contributed by atoms with van der Waals surface area (Å²) in [7, 11) is 3.14. The Morgan fingerprint density at radius 3 is 2.77 bits per heavy atom. The number of piperidine rings is 1. The Labute approximate surface area is 154 Å². The zero-order valence-corrected chi connectivity index (χ0v) is 15.8. The number of carbonyl (C=O) groups is 2. The Bertz CT molecular complexity index is 620. The molecule has 1 saturated heterocycles. The number of ether oxygens (including phenoxy) is 3. The summed E-state index contributed by atoms with van der Waals surface area (Å²) in [6, 6.07) is 5.28. The molecule has 144 valence electrons. The van der Waals surface area contributed by atoms with E-state index in [9.17, 15) is 9.59 Å². The average Bonchev–Trinajstić information content (AvgIpc) is 2.66. The van der Waals surface area contributed by atoms with E-state index in [-0.39, 0.29) is 17.8 Å². The molecule has 1 aromatic rings. The van der Waals surface area contributed by atoms with Crippen molar-refractivity contribution >= 4 is 17.6 Å². The lowest BCUT2D eigenvalue weighted by molar-refractivity contribution is -0.906. The number of nitrogens with one attached hydrogen (secondary N) is 2. The van der Waals surface area contributed by atoms with Gasteiger partial charge in [-0.25, -0.2) is 0 Å². The van der Waals surface area contributed by atoms with Gasteiger partial charge in [-0.05, 0) is 31.9 Å². The molecule has 0 saturated carbocycles. The quantitative estimate of drug-likeness (QED) is 0.669. The van der Waals surface area contributed by atoms with Gasteiger partial charge < -0.3 is 24.4 Å². The minimum absolute atomic E-state index is 0.0553. The summed E-state index contributed by atoms with van der Waals surface area (Å²) < 4.78 is 15.6. The van der Waals surface area contributed by atoms with Crippen LogP contribution in [0.1, 0.15) is 26.2 Å². The van der Waals surface area contributed by atoms with Crippen LogP contribution in [-0.4, -0.2) is 52.3 Å². The summed E-state index contributed by atoms with van der Waals surface area (Å²) in [6.07, 6.45) is 2.23. The second-order valence-corrected chi connectivity index (χ2v) is 6.41. The molecule has 1 amide bonds. The van der Waals surface area contributed by atoms with E-state index in [1.54, 1.807) is 32.4 Å². The van der Waals surface area contributed by atoms with Crippen molar-refractivity contribution in [2.24, 2.45) is 5.92 Å². The fourth-order valence-electron chi connectivity index (χ4n) is 3.25. The fraction of sp³-hybridized carbons (Fsp3) is 0.579. The molecule has 1 unspecified atom stereocenters. The number of quaternary nitrogens is 1. The number of anilines is 1. The van der Waals surface area contributed by atoms with Crippen LogP contribution in [0.15, 0.2) is 18.2 Å². The minimum atomic E-state index is -0.115. The Balaban J connectivity index is 1.86. The first-order valence-corrected chi connectivity index (χ1v) is 9.09. The van der Waals surface area contributed by atoms with E-state index in [1.807, 2.05) is 6.92 Å². The molecule has 1 aliphatic rings. The summed E-state index contributed by atoms with van der Waals surface area (Å²) in [6.45, 7) is 4.63. The van der Waals surface area contributed by atoms with Crippen LogP contribution in [0.2, 0.25) is 0 Å². The van der Waals surface area contributed by atoms with Crippen molar-refractivity contribution in [3.8, 4) is 11.5 Å². The van der Waals surface area contributed by atoms with E-state index in [0.717, 1.165) is 25.9 Å². The molecule has 0 bridgehead atoms. The van der Waals surface area contributed by atoms with Gasteiger partial charge in [0.25, 0.3) is 0 Å². The zero-order chi connectivity index (χ0) is 18.9. The standard InChI is InChI=1S/C19H28N2O5/c1-4-26-19(23)14-6-5-10-21(13-14)11-9-18(22)20-16-12-15(24-2)7-8-17(16)25-3/h7-8,12,14H,4-6,9-11,13H2,1-3H3,(H,20,22)/p+1/t14-/m1/s1. The predicted octanol–water partition coefficient (Wildman–Crippen LogP) is 0.890. The molecular weight excluding hydrogens is 336 g/mol. The number of benzene rings is 1. The number of methoxy groups -OCH3 is 2. The second-order valence-electron chi connectivity index (χ2n) is 6.41. The predicted molar refractivity (Wildman–Crippen MR) is 97.7 cm³/mol. The third kappa shape index (κ3) is 5.62. The number of carbonyl (C=O) groups excluding carboxylic acids is 2. The summed E-state index contributed by atoms with van der Waals surface area (Å²) in [5.74, 6) is 0.990. The smallest absolute Gasteiger partial charge is 0.314 e. The SMILES string of the molecule is CCOC(=O)[C@@H]1CCC[NH+](CCC(=O)Nc2cc(OC)ccc2OC)C1. The van der Waals surface area contributed by atoms with Crippen molar-refractivity contribution in [3.63, 3.8) is 0 Å². The number of rotatable bonds is 8. The lowest BCUT2D eigenvalue weighted by Crippen LogP contribution is -3.13. The molecule has 7 nitrogen and oxygen atoms in total. The van der Waals surface area contributed by atoms with Crippen molar-refractivity contribution in [3.05, 3.63) is 18.2 Å². The molecule has 2 rings (SSSR count). The van der Waals surface area contributed by atoms with Gasteiger partial charge in [0.1, 0.15) is 17.4 Å². The Kier molecular flexibility index (Phi) is 7.72. The summed E-state index contributed by atoms with van der Waals surface area (Å²) >= 11 is 0. The van der Waals surface area contributed by atoms with Gasteiger partial charge in [0.05, 0.1) is 52.6 Å². The van der Waals surface area contributed by atoms with Crippen LogP contribution >= 0.6 is 0 Å². The molecule has 26 heavy (non-hydrogen) atoms. The van der Waals surface area contributed by atoms with Gasteiger partial charge in [-0.15, -0.1) is 0 Å². The van der Waals surface area contributed by atoms with Crippen LogP contribution in [0.25, 0.3) is 0 Å². The van der Waals surface area contributed by atoms with Crippen molar-refractivity contribution in [2.45, 2.75) is 26.2 Å². The van der Waals surface area contributed by atoms with Crippen LogP contribution in [0.4, 0.5) is 5.69 Å². The second kappa shape index (κ2) is 10.0. The highest BCUT2D eigenvalue weighted by atomic mass is 16.5. The summed E-state index contributed by atoms with van der Waals surface area (Å²) in [4.78, 5) is 25.5. The van der Waals surface area contributed by atoms with Crippen LogP contribution in [-0.2, 0) is 14.3 Å². The molecule has 1 heterocycles. The molecule has 1 aromatic carbocycles. The van der Waals surface area contributed by atoms with Crippen LogP contribution in [0.3, 0.4) is 0 Å². The van der Waals surface area contributed by atoms with Gasteiger partial charge in [-0.3, -0.25) is 9.59 Å². The molecule has 0 aliphatic carbocycles. The third-order valence-corrected chi connectivity index (χ3v) is 4.62. The van der Waals surface area contributed by atoms with Crippen LogP contribution in [0.5, 0.6) is 11.5 Å². The van der Waals surface area contributed by atoms with E-state index in [4.69, 9.17) is 14.2 Å². The van der Waals surface area contributed by atoms with Crippen molar-refractivity contribution < 1.29 is 28.7 Å². The van der Waals surface area contributed by atoms with E-state index in [2.05, 4.69) is 5.32 Å². The minimum Gasteiger partial charge on any atom is -0.497 e. The molecule has 1 fully saturated rings. The van der Waals surface area contributed by atoms with Crippen molar-refractivity contribution in [2.75, 3.05) is 45.8 Å². The van der Waals surface area contributed by atoms with Crippen molar-refractivity contribution in [1.82, 2.24) is 0 Å². The zero-order valence-electron chi connectivity index (χ0n) is 15.8. The van der Waals surface area contributed by atoms with E-state index in [1.165, 1.54) is 4.90 Å². The first-order valence-electron chi connectivity index (χ1n) is 9.09. The maximum absolute atomic E-state index is 12.3. The topological polar surface area (TPSA) is 78.3 Å². The van der Waals surface area contributed by atoms with Crippen LogP contribution in [0, 0.1) is 5.92 Å². The van der Waals surface area contributed by atoms with E-state index < -0.39 is 0 Å². The average molecular weight is 365 g/mol. The normalized spacial score (nSPS) is 19.5. The maximum Gasteiger partial charge on any atom is 0.314 e. The van der Waals surface area contributed by atoms with Gasteiger partial charge in [0.2, 0.25) is 5.91 Å². The van der Waals surface area contributed by atoms with Gasteiger partial charge >= 0.3 is 5.97 Å². The number of hydrogen-bond donors (Lipinski definition) is 2. The number of esters is 1. The number of likely N-dealkylation sites (tertiary alicyclic amines) is 1. The first kappa shape index (κ1) is 20.0. The molecule has 0 aromatic heterocycles. The maximum atomic E-state index is 12.3. The Hall–Kier alpha value is -2.28. The highest BCUT2D eigenvalue weighted by molar-refractivity contribution is 5.92. The Morgan fingerprint density at radius 1 is 1.27 bits per heavy atom. The van der Waals surface area contributed by atoms with E-state index in [0.29, 0.717) is 36.8 Å². The lowest BCUT2D eigenvalue weighted by Gasteiger charge is -2.28. The molecular formula is C19H29N2O5+. The molecule has 0 radical (unpaired) electrons. The molecule has 0 spiro atoms. The molecule has 2 atom stereocenters. The summed E-state index contributed by atoms with van der Waals surface area (Å²) in [5, 5.41) is 2.88.